The summed E-state index contributed by atoms with van der Waals surface area (Å²) in [6.45, 7) is 1.07. The molecule has 1 N–H and O–H groups in total. The van der Waals surface area contributed by atoms with Crippen LogP contribution < -0.4 is 14.8 Å². The molecule has 0 aromatic heterocycles. The molecule has 1 amide bonds. The van der Waals surface area contributed by atoms with Crippen LogP contribution in [0.2, 0.25) is 0 Å². The van der Waals surface area contributed by atoms with Gasteiger partial charge in [0.2, 0.25) is 0 Å². The fourth-order valence-corrected chi connectivity index (χ4v) is 2.35. The number of carbonyl (C=O) groups excluding carboxylic acids is 3. The lowest BCUT2D eigenvalue weighted by Gasteiger charge is -2.18. The predicted octanol–water partition coefficient (Wildman–Crippen LogP) is 2.21. The summed E-state index contributed by atoms with van der Waals surface area (Å²) in [6.07, 6.45) is -0.846. The van der Waals surface area contributed by atoms with E-state index in [9.17, 15) is 14.4 Å². The molecule has 0 radical (unpaired) electrons. The van der Waals surface area contributed by atoms with Gasteiger partial charge in [-0.2, -0.15) is 0 Å². The van der Waals surface area contributed by atoms with E-state index >= 15 is 0 Å². The molecule has 2 aromatic rings. The Morgan fingerprint density at radius 3 is 2.73 bits per heavy atom. The molecule has 0 spiro atoms. The molecule has 0 bridgehead atoms. The van der Waals surface area contributed by atoms with Crippen LogP contribution in [-0.4, -0.2) is 37.0 Å². The number of nitrogens with one attached hydrogen (secondary N) is 1. The zero-order valence-electron chi connectivity index (χ0n) is 14.1. The summed E-state index contributed by atoms with van der Waals surface area (Å²) in [7, 11) is 0. The van der Waals surface area contributed by atoms with Gasteiger partial charge in [0.05, 0.1) is 5.69 Å². The third-order valence-electron chi connectivity index (χ3n) is 3.67. The number of Topliss-reactive ketones (excluding diaryl/α,β-unsaturated/α-hetero) is 1. The van der Waals surface area contributed by atoms with Gasteiger partial charge in [0.25, 0.3) is 5.91 Å². The smallest absolute Gasteiger partial charge is 0.347 e. The summed E-state index contributed by atoms with van der Waals surface area (Å²) in [5.74, 6) is -0.304. The maximum absolute atomic E-state index is 12.2. The molecule has 2 aromatic carbocycles. The Morgan fingerprint density at radius 2 is 1.96 bits per heavy atom. The first-order valence-electron chi connectivity index (χ1n) is 8.01. The fraction of sp³-hybridized carbons (Fsp3) is 0.211. The zero-order valence-corrected chi connectivity index (χ0v) is 14.1. The third kappa shape index (κ3) is 4.18. The summed E-state index contributed by atoms with van der Waals surface area (Å²) >= 11 is 0. The Labute approximate surface area is 149 Å². The van der Waals surface area contributed by atoms with Crippen LogP contribution in [0.4, 0.5) is 5.69 Å². The molecule has 3 rings (SSSR count). The van der Waals surface area contributed by atoms with Gasteiger partial charge < -0.3 is 19.5 Å². The van der Waals surface area contributed by atoms with Crippen molar-refractivity contribution in [2.24, 2.45) is 0 Å². The van der Waals surface area contributed by atoms with E-state index in [-0.39, 0.29) is 12.5 Å². The molecule has 7 nitrogen and oxygen atoms in total. The average molecular weight is 355 g/mol. The number of carbonyl (C=O) groups is 3. The Morgan fingerprint density at radius 1 is 1.19 bits per heavy atom. The number of hydrogen-bond donors (Lipinski definition) is 1. The van der Waals surface area contributed by atoms with Gasteiger partial charge >= 0.3 is 5.97 Å². The van der Waals surface area contributed by atoms with Crippen molar-refractivity contribution in [2.75, 3.05) is 18.5 Å². The predicted molar refractivity (Wildman–Crippen MR) is 92.4 cm³/mol. The molecule has 7 heteroatoms. The van der Waals surface area contributed by atoms with Crippen LogP contribution in [0.25, 0.3) is 0 Å². The first kappa shape index (κ1) is 17.5. The van der Waals surface area contributed by atoms with E-state index in [1.165, 1.54) is 6.07 Å². The number of para-hydroxylation sites is 1. The lowest BCUT2D eigenvalue weighted by molar-refractivity contribution is -0.149. The first-order valence-corrected chi connectivity index (χ1v) is 8.01. The van der Waals surface area contributed by atoms with Gasteiger partial charge in [0, 0.05) is 5.56 Å². The second-order valence-electron chi connectivity index (χ2n) is 5.65. The molecule has 0 unspecified atom stereocenters. The van der Waals surface area contributed by atoms with Crippen molar-refractivity contribution < 1.29 is 28.6 Å². The van der Waals surface area contributed by atoms with Crippen LogP contribution in [0.3, 0.4) is 0 Å². The number of anilines is 1. The number of ketones is 1. The Kier molecular flexibility index (Phi) is 5.17. The third-order valence-corrected chi connectivity index (χ3v) is 3.67. The van der Waals surface area contributed by atoms with E-state index in [1.54, 1.807) is 43.3 Å². The quantitative estimate of drug-likeness (QED) is 0.631. The van der Waals surface area contributed by atoms with Gasteiger partial charge in [-0.05, 0) is 37.3 Å². The van der Waals surface area contributed by atoms with Gasteiger partial charge in [0.15, 0.2) is 25.1 Å². The molecule has 1 atom stereocenters. The maximum atomic E-state index is 12.2. The van der Waals surface area contributed by atoms with Crippen molar-refractivity contribution in [2.45, 2.75) is 13.0 Å². The number of ether oxygens (including phenoxy) is 3. The number of rotatable bonds is 6. The monoisotopic (exact) mass is 355 g/mol. The maximum Gasteiger partial charge on any atom is 0.347 e. The highest BCUT2D eigenvalue weighted by Gasteiger charge is 2.20. The van der Waals surface area contributed by atoms with Gasteiger partial charge in [-0.1, -0.05) is 18.2 Å². The fourth-order valence-electron chi connectivity index (χ4n) is 2.35. The van der Waals surface area contributed by atoms with Crippen LogP contribution >= 0.6 is 0 Å². The van der Waals surface area contributed by atoms with E-state index in [1.807, 2.05) is 6.07 Å². The zero-order chi connectivity index (χ0) is 18.5. The lowest BCUT2D eigenvalue weighted by Crippen LogP contribution is -2.28. The Balaban J connectivity index is 1.56. The van der Waals surface area contributed by atoms with Crippen LogP contribution in [0.5, 0.6) is 11.5 Å². The summed E-state index contributed by atoms with van der Waals surface area (Å²) in [5.41, 5.74) is 0.721. The molecular weight excluding hydrogens is 338 g/mol. The van der Waals surface area contributed by atoms with Crippen molar-refractivity contribution >= 4 is 23.3 Å². The molecule has 0 saturated carbocycles. The summed E-state index contributed by atoms with van der Waals surface area (Å²) in [5, 5.41) is 2.62. The molecule has 1 heterocycles. The second-order valence-corrected chi connectivity index (χ2v) is 5.65. The van der Waals surface area contributed by atoms with Crippen molar-refractivity contribution in [1.82, 2.24) is 0 Å². The van der Waals surface area contributed by atoms with E-state index in [0.29, 0.717) is 22.7 Å². The standard InChI is InChI=1S/C19H17NO6/c1-12(26-14-5-3-2-4-6-14)19(23)25-10-16(21)13-7-8-17-15(9-13)20-18(22)11-24-17/h2-9,12H,10-11H2,1H3,(H,20,22)/t12-/m1/s1. The van der Waals surface area contributed by atoms with Crippen LogP contribution in [-0.2, 0) is 14.3 Å². The van der Waals surface area contributed by atoms with Crippen LogP contribution in [0, 0.1) is 0 Å². The highest BCUT2D eigenvalue weighted by Crippen LogP contribution is 2.28. The van der Waals surface area contributed by atoms with Gasteiger partial charge in [-0.3, -0.25) is 9.59 Å². The van der Waals surface area contributed by atoms with Gasteiger partial charge in [-0.25, -0.2) is 4.79 Å². The van der Waals surface area contributed by atoms with E-state index in [4.69, 9.17) is 14.2 Å². The summed E-state index contributed by atoms with van der Waals surface area (Å²) < 4.78 is 15.7. The van der Waals surface area contributed by atoms with Crippen molar-refractivity contribution in [1.29, 1.82) is 0 Å². The molecule has 0 aliphatic carbocycles. The van der Waals surface area contributed by atoms with E-state index in [0.717, 1.165) is 0 Å². The highest BCUT2D eigenvalue weighted by molar-refractivity contribution is 6.01. The Bertz CT molecular complexity index is 833. The molecule has 1 aliphatic rings. The molecule has 0 fully saturated rings. The van der Waals surface area contributed by atoms with Crippen molar-refractivity contribution in [3.63, 3.8) is 0 Å². The van der Waals surface area contributed by atoms with E-state index < -0.39 is 24.5 Å². The second kappa shape index (κ2) is 7.69. The minimum absolute atomic E-state index is 0.0583. The average Bonchev–Trinajstić information content (AvgIpc) is 2.65. The minimum atomic E-state index is -0.846. The van der Waals surface area contributed by atoms with Gasteiger partial charge in [0.1, 0.15) is 11.5 Å². The van der Waals surface area contributed by atoms with Crippen LogP contribution in [0.1, 0.15) is 17.3 Å². The highest BCUT2D eigenvalue weighted by atomic mass is 16.6. The minimum Gasteiger partial charge on any atom is -0.482 e. The number of esters is 1. The normalized spacial score (nSPS) is 13.7. The summed E-state index contributed by atoms with van der Waals surface area (Å²) in [4.78, 5) is 35.6. The molecule has 1 aliphatic heterocycles. The SMILES string of the molecule is C[C@@H](Oc1ccccc1)C(=O)OCC(=O)c1ccc2c(c1)NC(=O)CO2. The molecule has 134 valence electrons. The molecular formula is C19H17NO6. The topological polar surface area (TPSA) is 90.9 Å². The van der Waals surface area contributed by atoms with Gasteiger partial charge in [-0.15, -0.1) is 0 Å². The van der Waals surface area contributed by atoms with E-state index in [2.05, 4.69) is 5.32 Å². The number of fused-ring (bicyclic) bond motifs is 1. The first-order chi connectivity index (χ1) is 12.5. The molecule has 0 saturated heterocycles. The van der Waals surface area contributed by atoms with Crippen molar-refractivity contribution in [3.8, 4) is 11.5 Å². The number of benzene rings is 2. The summed E-state index contributed by atoms with van der Waals surface area (Å²) in [6, 6.07) is 13.5. The number of amides is 1. The molecule has 26 heavy (non-hydrogen) atoms. The largest absolute Gasteiger partial charge is 0.482 e. The lowest BCUT2D eigenvalue weighted by atomic mass is 10.1. The van der Waals surface area contributed by atoms with Crippen LogP contribution in [0.15, 0.2) is 48.5 Å². The Hall–Kier alpha value is -3.35. The van der Waals surface area contributed by atoms with Crippen molar-refractivity contribution in [3.05, 3.63) is 54.1 Å². The number of hydrogen-bond acceptors (Lipinski definition) is 6.